The second-order valence-corrected chi connectivity index (χ2v) is 15.9. The molecule has 1 amide bonds. The maximum atomic E-state index is 12.8. The third-order valence-corrected chi connectivity index (χ3v) is 11.8. The summed E-state index contributed by atoms with van der Waals surface area (Å²) in [7, 11) is -1.95. The molecule has 7 nitrogen and oxygen atoms in total. The Balaban J connectivity index is 1.67. The molecule has 3 aromatic rings. The molecule has 3 rings (SSSR count). The summed E-state index contributed by atoms with van der Waals surface area (Å²) in [6, 6.07) is 8.30. The first-order valence-corrected chi connectivity index (χ1v) is 16.2. The van der Waals surface area contributed by atoms with Gasteiger partial charge in [-0.05, 0) is 54.6 Å². The van der Waals surface area contributed by atoms with Crippen LogP contribution in [0.5, 0.6) is 5.75 Å². The van der Waals surface area contributed by atoms with Crippen LogP contribution in [0.3, 0.4) is 0 Å². The minimum absolute atomic E-state index is 0.106. The number of imidazole rings is 1. The third-order valence-electron chi connectivity index (χ3n) is 7.26. The fraction of sp³-hybridized carbons (Fsp3) is 0.571. The number of aromatic nitrogens is 3. The number of carbonyl (C=O) groups excluding carboxylic acids is 1. The van der Waals surface area contributed by atoms with Gasteiger partial charge in [-0.2, -0.15) is 0 Å². The smallest absolute Gasteiger partial charge is 0.269 e. The molecule has 0 saturated heterocycles. The number of unbranched alkanes of at least 4 members (excludes halogenated alkanes) is 3. The van der Waals surface area contributed by atoms with Crippen molar-refractivity contribution in [2.24, 2.45) is 0 Å². The number of rotatable bonds is 14. The van der Waals surface area contributed by atoms with E-state index in [9.17, 15) is 4.79 Å². The van der Waals surface area contributed by atoms with Crippen LogP contribution in [0.15, 0.2) is 43.0 Å². The van der Waals surface area contributed by atoms with Gasteiger partial charge in [0.05, 0.1) is 37.3 Å². The van der Waals surface area contributed by atoms with Gasteiger partial charge in [0.25, 0.3) is 5.91 Å². The van der Waals surface area contributed by atoms with E-state index in [2.05, 4.69) is 85.0 Å². The van der Waals surface area contributed by atoms with Crippen molar-refractivity contribution in [3.63, 3.8) is 0 Å². The summed E-state index contributed by atoms with van der Waals surface area (Å²) < 4.78 is 14.7. The molecule has 0 aliphatic rings. The average molecular weight is 513 g/mol. The monoisotopic (exact) mass is 512 g/mol. The van der Waals surface area contributed by atoms with Crippen LogP contribution in [-0.4, -0.2) is 48.0 Å². The number of carbonyl (C=O) groups is 1. The lowest BCUT2D eigenvalue weighted by molar-refractivity contribution is 0.0909. The summed E-state index contributed by atoms with van der Waals surface area (Å²) in [4.78, 5) is 19.6. The largest absolute Gasteiger partial charge is 0.494 e. The minimum atomic E-state index is -1.95. The van der Waals surface area contributed by atoms with Crippen molar-refractivity contribution < 1.29 is 14.0 Å². The first kappa shape index (κ1) is 28.0. The van der Waals surface area contributed by atoms with Crippen LogP contribution in [0.2, 0.25) is 18.1 Å². The van der Waals surface area contributed by atoms with Gasteiger partial charge in [-0.25, -0.2) is 4.98 Å². The van der Waals surface area contributed by atoms with Gasteiger partial charge in [-0.15, -0.1) is 0 Å². The van der Waals surface area contributed by atoms with Gasteiger partial charge in [0.15, 0.2) is 8.32 Å². The Hall–Kier alpha value is -2.58. The van der Waals surface area contributed by atoms with Gasteiger partial charge in [-0.1, -0.05) is 47.0 Å². The third kappa shape index (κ3) is 7.71. The summed E-state index contributed by atoms with van der Waals surface area (Å²) >= 11 is 0. The molecule has 0 spiro atoms. The minimum Gasteiger partial charge on any atom is -0.494 e. The molecule has 198 valence electrons. The van der Waals surface area contributed by atoms with E-state index >= 15 is 0 Å². The van der Waals surface area contributed by atoms with Crippen LogP contribution in [0.1, 0.15) is 70.3 Å². The van der Waals surface area contributed by atoms with E-state index in [1.807, 2.05) is 6.07 Å². The van der Waals surface area contributed by atoms with E-state index in [1.165, 1.54) is 31.0 Å². The number of H-pyrrole nitrogens is 1. The second-order valence-electron chi connectivity index (χ2n) is 11.1. The standard InChI is InChI=1S/C28H44N4O3Si/c1-7-8-9-10-17-34-24-12-11-22-13-15-32(26(22)18-24)16-14-23(20-35-36(5,6)28(2,3)4)31-27(33)25-19-29-21-30-25/h11-13,15,18-19,21,23H,7-10,14,16-17,20H2,1-6H3,(H,29,30)(H,31,33)/t23-/m1/s1. The van der Waals surface area contributed by atoms with Gasteiger partial charge in [0.2, 0.25) is 0 Å². The molecule has 2 N–H and O–H groups in total. The Morgan fingerprint density at radius 3 is 2.69 bits per heavy atom. The number of amides is 1. The molecule has 36 heavy (non-hydrogen) atoms. The Morgan fingerprint density at radius 1 is 1.19 bits per heavy atom. The zero-order valence-corrected chi connectivity index (χ0v) is 23.9. The van der Waals surface area contributed by atoms with Crippen molar-refractivity contribution in [2.75, 3.05) is 13.2 Å². The molecule has 1 aromatic carbocycles. The van der Waals surface area contributed by atoms with E-state index in [0.717, 1.165) is 37.3 Å². The molecule has 0 unspecified atom stereocenters. The summed E-state index contributed by atoms with van der Waals surface area (Å²) in [6.45, 7) is 15.4. The molecule has 2 heterocycles. The van der Waals surface area contributed by atoms with Crippen molar-refractivity contribution >= 4 is 25.1 Å². The van der Waals surface area contributed by atoms with E-state index in [0.29, 0.717) is 12.3 Å². The molecular formula is C28H44N4O3Si. The number of hydrogen-bond donors (Lipinski definition) is 2. The lowest BCUT2D eigenvalue weighted by Crippen LogP contribution is -2.46. The van der Waals surface area contributed by atoms with E-state index in [1.54, 1.807) is 6.20 Å². The highest BCUT2D eigenvalue weighted by molar-refractivity contribution is 6.74. The molecule has 1 atom stereocenters. The molecule has 0 aliphatic heterocycles. The van der Waals surface area contributed by atoms with Crippen LogP contribution in [0.25, 0.3) is 10.9 Å². The van der Waals surface area contributed by atoms with Crippen molar-refractivity contribution in [3.8, 4) is 5.75 Å². The topological polar surface area (TPSA) is 81.2 Å². The molecule has 0 radical (unpaired) electrons. The molecule has 0 aliphatic carbocycles. The fourth-order valence-corrected chi connectivity index (χ4v) is 4.88. The van der Waals surface area contributed by atoms with Crippen LogP contribution >= 0.6 is 0 Å². The van der Waals surface area contributed by atoms with Gasteiger partial charge >= 0.3 is 0 Å². The average Bonchev–Trinajstić information content (AvgIpc) is 3.50. The SMILES string of the molecule is CCCCCCOc1ccc2ccn(CC[C@H](CO[Si](C)(C)C(C)(C)C)NC(=O)c3cnc[nH]3)c2c1. The van der Waals surface area contributed by atoms with Crippen molar-refractivity contribution in [1.82, 2.24) is 19.9 Å². The number of benzene rings is 1. The second kappa shape index (κ2) is 12.6. The highest BCUT2D eigenvalue weighted by Crippen LogP contribution is 2.36. The Morgan fingerprint density at radius 2 is 2.00 bits per heavy atom. The highest BCUT2D eigenvalue weighted by atomic mass is 28.4. The van der Waals surface area contributed by atoms with Crippen LogP contribution in [-0.2, 0) is 11.0 Å². The molecule has 2 aromatic heterocycles. The predicted octanol–water partition coefficient (Wildman–Crippen LogP) is 6.53. The highest BCUT2D eigenvalue weighted by Gasteiger charge is 2.37. The molecule has 0 fully saturated rings. The first-order valence-electron chi connectivity index (χ1n) is 13.3. The maximum absolute atomic E-state index is 12.8. The van der Waals surface area contributed by atoms with E-state index in [4.69, 9.17) is 9.16 Å². The summed E-state index contributed by atoms with van der Waals surface area (Å²) in [6.07, 6.45) is 10.7. The number of nitrogens with zero attached hydrogens (tertiary/aromatic N) is 2. The normalized spacial score (nSPS) is 13.2. The number of hydrogen-bond acceptors (Lipinski definition) is 4. The predicted molar refractivity (Wildman–Crippen MR) is 149 cm³/mol. The number of aryl methyl sites for hydroxylation is 1. The summed E-state index contributed by atoms with van der Waals surface area (Å²) in [5.41, 5.74) is 1.60. The molecule has 0 bridgehead atoms. The van der Waals surface area contributed by atoms with Crippen molar-refractivity contribution in [1.29, 1.82) is 0 Å². The van der Waals surface area contributed by atoms with Gasteiger partial charge in [0, 0.05) is 18.8 Å². The number of ether oxygens (including phenoxy) is 1. The van der Waals surface area contributed by atoms with Gasteiger partial charge < -0.3 is 24.0 Å². The summed E-state index contributed by atoms with van der Waals surface area (Å²) in [5.74, 6) is 0.747. The Labute approximate surface area is 217 Å². The van der Waals surface area contributed by atoms with Crippen LogP contribution in [0.4, 0.5) is 0 Å². The number of aromatic amines is 1. The zero-order chi connectivity index (χ0) is 26.2. The van der Waals surface area contributed by atoms with Gasteiger partial charge in [0.1, 0.15) is 11.4 Å². The van der Waals surface area contributed by atoms with Crippen LogP contribution < -0.4 is 10.1 Å². The lowest BCUT2D eigenvalue weighted by Gasteiger charge is -2.37. The number of fused-ring (bicyclic) bond motifs is 1. The molecule has 8 heteroatoms. The fourth-order valence-electron chi connectivity index (χ4n) is 3.83. The zero-order valence-electron chi connectivity index (χ0n) is 22.9. The van der Waals surface area contributed by atoms with Crippen molar-refractivity contribution in [3.05, 3.63) is 48.7 Å². The van der Waals surface area contributed by atoms with E-state index < -0.39 is 8.32 Å². The van der Waals surface area contributed by atoms with Crippen LogP contribution in [0, 0.1) is 0 Å². The molecular weight excluding hydrogens is 468 g/mol. The van der Waals surface area contributed by atoms with Crippen molar-refractivity contribution in [2.45, 2.75) is 90.5 Å². The first-order chi connectivity index (χ1) is 17.1. The maximum Gasteiger partial charge on any atom is 0.269 e. The Bertz CT molecular complexity index is 1090. The Kier molecular flexibility index (Phi) is 9.79. The molecule has 0 saturated carbocycles. The number of nitrogens with one attached hydrogen (secondary N) is 2. The van der Waals surface area contributed by atoms with Gasteiger partial charge in [-0.3, -0.25) is 4.79 Å². The quantitative estimate of drug-likeness (QED) is 0.190. The lowest BCUT2D eigenvalue weighted by atomic mass is 10.2. The summed E-state index contributed by atoms with van der Waals surface area (Å²) in [5, 5.41) is 4.45. The van der Waals surface area contributed by atoms with E-state index in [-0.39, 0.29) is 17.0 Å².